The zero-order valence-electron chi connectivity index (χ0n) is 12.1. The van der Waals surface area contributed by atoms with Crippen LogP contribution in [0.25, 0.3) is 0 Å². The molecule has 0 N–H and O–H groups in total. The molecule has 1 unspecified atom stereocenters. The Kier molecular flexibility index (Phi) is 10.7. The van der Waals surface area contributed by atoms with Crippen LogP contribution in [-0.4, -0.2) is 43.4 Å². The second-order valence-electron chi connectivity index (χ2n) is 4.01. The van der Waals surface area contributed by atoms with Crippen LogP contribution in [0.4, 0.5) is 17.7 Å². The predicted octanol–water partition coefficient (Wildman–Crippen LogP) is 2.82. The molecule has 0 radical (unpaired) electrons. The number of phosphoric acid groups is 1. The zero-order valence-corrected chi connectivity index (χ0v) is 13.0. The van der Waals surface area contributed by atoms with Gasteiger partial charge in [-0.15, -0.1) is 4.73 Å². The van der Waals surface area contributed by atoms with Gasteiger partial charge in [-0.05, 0) is 32.2 Å². The van der Waals surface area contributed by atoms with Crippen LogP contribution < -0.4 is 4.89 Å². The van der Waals surface area contributed by atoms with Gasteiger partial charge in [-0.1, -0.05) is 0 Å². The van der Waals surface area contributed by atoms with E-state index in [9.17, 15) is 27.2 Å². The first-order valence-electron chi connectivity index (χ1n) is 6.19. The van der Waals surface area contributed by atoms with Crippen molar-refractivity contribution in [3.05, 3.63) is 0 Å². The van der Waals surface area contributed by atoms with Crippen molar-refractivity contribution in [1.29, 1.82) is 0 Å². The molecule has 0 amide bonds. The van der Waals surface area contributed by atoms with E-state index in [1.807, 2.05) is 0 Å². The molecule has 0 saturated carbocycles. The maximum atomic E-state index is 11.2. The molecular formula is C10H22F4NO4P. The van der Waals surface area contributed by atoms with Crippen molar-refractivity contribution >= 4 is 7.82 Å². The molecule has 0 fully saturated rings. The first-order chi connectivity index (χ1) is 9.01. The van der Waals surface area contributed by atoms with Crippen molar-refractivity contribution in [2.75, 3.05) is 32.8 Å². The van der Waals surface area contributed by atoms with Crippen LogP contribution >= 0.6 is 7.82 Å². The fraction of sp³-hybridized carbons (Fsp3) is 1.00. The number of halogens is 4. The largest absolute Gasteiger partial charge is 0.754 e. The third-order valence-electron chi connectivity index (χ3n) is 3.15. The SMILES string of the molecule is CC[N+](CC)(CC)CC.O=P([O-])(OF)OCC(F)(F)F. The number of quaternary nitrogens is 1. The van der Waals surface area contributed by atoms with Crippen LogP contribution in [0.3, 0.4) is 0 Å². The number of phosphoric ester groups is 1. The van der Waals surface area contributed by atoms with Crippen LogP contribution in [0, 0.1) is 0 Å². The summed E-state index contributed by atoms with van der Waals surface area (Å²) in [5, 5.41) is 0. The summed E-state index contributed by atoms with van der Waals surface area (Å²) in [4.78, 5) is 9.75. The molecule has 0 heterocycles. The molecule has 0 aromatic heterocycles. The minimum absolute atomic E-state index is 1.28. The molecular weight excluding hydrogens is 305 g/mol. The van der Waals surface area contributed by atoms with E-state index in [0.717, 1.165) is 0 Å². The average Bonchev–Trinajstić information content (AvgIpc) is 2.40. The van der Waals surface area contributed by atoms with Gasteiger partial charge in [-0.25, -0.2) is 0 Å². The second-order valence-corrected chi connectivity index (χ2v) is 5.30. The number of alkyl halides is 3. The lowest BCUT2D eigenvalue weighted by Gasteiger charge is -2.34. The lowest BCUT2D eigenvalue weighted by molar-refractivity contribution is -0.921. The van der Waals surface area contributed by atoms with E-state index < -0.39 is 20.6 Å². The van der Waals surface area contributed by atoms with E-state index in [1.165, 1.54) is 30.7 Å². The van der Waals surface area contributed by atoms with Crippen molar-refractivity contribution in [3.63, 3.8) is 0 Å². The summed E-state index contributed by atoms with van der Waals surface area (Å²) in [7, 11) is -5.41. The lowest BCUT2D eigenvalue weighted by Crippen LogP contribution is -2.47. The summed E-state index contributed by atoms with van der Waals surface area (Å²) in [6, 6.07) is 0. The number of nitrogens with zero attached hydrogens (tertiary/aromatic N) is 1. The van der Waals surface area contributed by atoms with Gasteiger partial charge in [0.15, 0.2) is 6.61 Å². The molecule has 124 valence electrons. The van der Waals surface area contributed by atoms with Gasteiger partial charge in [-0.2, -0.15) is 13.2 Å². The Balaban J connectivity index is 0. The molecule has 10 heteroatoms. The number of hydrogen-bond donors (Lipinski definition) is 0. The summed E-state index contributed by atoms with van der Waals surface area (Å²) >= 11 is 0. The summed E-state index contributed by atoms with van der Waals surface area (Å²) in [6.07, 6.45) is -4.83. The molecule has 20 heavy (non-hydrogen) atoms. The molecule has 0 rings (SSSR count). The molecule has 0 bridgehead atoms. The van der Waals surface area contributed by atoms with Crippen LogP contribution in [0.1, 0.15) is 27.7 Å². The summed E-state index contributed by atoms with van der Waals surface area (Å²) in [5.74, 6) is 0. The van der Waals surface area contributed by atoms with E-state index >= 15 is 0 Å². The van der Waals surface area contributed by atoms with Crippen molar-refractivity contribution in [2.45, 2.75) is 33.9 Å². The summed E-state index contributed by atoms with van der Waals surface area (Å²) in [6.45, 7) is 12.1. The highest BCUT2D eigenvalue weighted by molar-refractivity contribution is 7.45. The van der Waals surface area contributed by atoms with E-state index in [2.05, 4.69) is 36.9 Å². The average molecular weight is 327 g/mol. The van der Waals surface area contributed by atoms with Crippen molar-refractivity contribution < 1.29 is 40.9 Å². The highest BCUT2D eigenvalue weighted by Crippen LogP contribution is 2.40. The molecule has 0 spiro atoms. The van der Waals surface area contributed by atoms with E-state index in [0.29, 0.717) is 0 Å². The molecule has 0 aromatic rings. The molecule has 0 aliphatic carbocycles. The molecule has 0 aromatic carbocycles. The molecule has 1 atom stereocenters. The van der Waals surface area contributed by atoms with Crippen molar-refractivity contribution in [1.82, 2.24) is 0 Å². The smallest absolute Gasteiger partial charge is 0.412 e. The van der Waals surface area contributed by atoms with Crippen LogP contribution in [0.2, 0.25) is 0 Å². The quantitative estimate of drug-likeness (QED) is 0.410. The Morgan fingerprint density at radius 3 is 1.55 bits per heavy atom. The fourth-order valence-electron chi connectivity index (χ4n) is 1.51. The predicted molar refractivity (Wildman–Crippen MR) is 64.2 cm³/mol. The Bertz CT molecular complexity index is 280. The van der Waals surface area contributed by atoms with Gasteiger partial charge in [0.25, 0.3) is 0 Å². The highest BCUT2D eigenvalue weighted by atomic mass is 31.2. The first kappa shape index (κ1) is 22.1. The van der Waals surface area contributed by atoms with Gasteiger partial charge in [0, 0.05) is 0 Å². The van der Waals surface area contributed by atoms with Crippen molar-refractivity contribution in [2.24, 2.45) is 0 Å². The standard InChI is InChI=1S/C8H20N.C2H3F4O4P/c1-5-9(6-2,7-3)8-4;3-2(4,5)1-9-11(7,8)10-6/h5-8H2,1-4H3;1H2,(H,7,8)/q+1;/p-1. The maximum Gasteiger partial charge on any atom is 0.412 e. The monoisotopic (exact) mass is 327 g/mol. The minimum atomic E-state index is -5.41. The molecule has 0 aliphatic heterocycles. The van der Waals surface area contributed by atoms with Gasteiger partial charge in [0.05, 0.1) is 26.2 Å². The summed E-state index contributed by atoms with van der Waals surface area (Å²) in [5.41, 5.74) is 0. The van der Waals surface area contributed by atoms with Gasteiger partial charge in [0.1, 0.15) is 0 Å². The zero-order chi connectivity index (χ0) is 16.4. The lowest BCUT2D eigenvalue weighted by atomic mass is 10.3. The van der Waals surface area contributed by atoms with Crippen LogP contribution in [0.15, 0.2) is 0 Å². The minimum Gasteiger partial charge on any atom is -0.754 e. The van der Waals surface area contributed by atoms with Gasteiger partial charge < -0.3 is 13.9 Å². The van der Waals surface area contributed by atoms with Crippen LogP contribution in [0.5, 0.6) is 0 Å². The molecule has 0 aliphatic rings. The Morgan fingerprint density at radius 2 is 1.40 bits per heavy atom. The summed E-state index contributed by atoms with van der Waals surface area (Å²) < 4.78 is 60.4. The van der Waals surface area contributed by atoms with Gasteiger partial charge >= 0.3 is 14.0 Å². The first-order valence-corrected chi connectivity index (χ1v) is 7.65. The highest BCUT2D eigenvalue weighted by Gasteiger charge is 2.30. The van der Waals surface area contributed by atoms with Crippen LogP contribution in [-0.2, 0) is 13.8 Å². The van der Waals surface area contributed by atoms with E-state index in [-0.39, 0.29) is 0 Å². The van der Waals surface area contributed by atoms with Gasteiger partial charge in [-0.3, -0.25) is 4.57 Å². The van der Waals surface area contributed by atoms with E-state index in [4.69, 9.17) is 0 Å². The van der Waals surface area contributed by atoms with E-state index in [1.54, 1.807) is 0 Å². The topological polar surface area (TPSA) is 58.6 Å². The Labute approximate surface area is 116 Å². The molecule has 5 nitrogen and oxygen atoms in total. The fourth-order valence-corrected chi connectivity index (χ4v) is 1.86. The third-order valence-corrected chi connectivity index (χ3v) is 3.77. The van der Waals surface area contributed by atoms with Gasteiger partial charge in [0.2, 0.25) is 0 Å². The second kappa shape index (κ2) is 9.68. The normalized spacial score (nSPS) is 15.2. The number of rotatable bonds is 7. The Morgan fingerprint density at radius 1 is 1.05 bits per heavy atom. The third kappa shape index (κ3) is 10.6. The Hall–Kier alpha value is -0.210. The number of hydrogen-bond acceptors (Lipinski definition) is 4. The van der Waals surface area contributed by atoms with Crippen molar-refractivity contribution in [3.8, 4) is 0 Å². The maximum absolute atomic E-state index is 11.2. The molecule has 0 saturated heterocycles.